The third kappa shape index (κ3) is 3.81. The second-order valence-corrected chi connectivity index (χ2v) is 7.16. The molecule has 0 amide bonds. The highest BCUT2D eigenvalue weighted by atomic mass is 19.1. The number of nitrogens with two attached hydrogens (primary N) is 2. The van der Waals surface area contributed by atoms with E-state index in [0.717, 1.165) is 28.8 Å². The number of fused-ring (bicyclic) bond motifs is 1. The van der Waals surface area contributed by atoms with Crippen molar-refractivity contribution >= 4 is 28.5 Å². The monoisotopic (exact) mass is 470 g/mol. The molecule has 0 aliphatic heterocycles. The van der Waals surface area contributed by atoms with Crippen LogP contribution in [0.15, 0.2) is 35.1 Å². The highest BCUT2D eigenvalue weighted by molar-refractivity contribution is 5.79. The summed E-state index contributed by atoms with van der Waals surface area (Å²) in [6, 6.07) is 4.50. The van der Waals surface area contributed by atoms with Crippen LogP contribution in [0.3, 0.4) is 0 Å². The molecule has 0 aliphatic carbocycles. The van der Waals surface area contributed by atoms with Crippen LogP contribution in [0.4, 0.5) is 35.1 Å². The molecule has 0 fully saturated rings. The van der Waals surface area contributed by atoms with Crippen molar-refractivity contribution in [2.24, 2.45) is 0 Å². The zero-order chi connectivity index (χ0) is 24.7. The van der Waals surface area contributed by atoms with Crippen molar-refractivity contribution in [1.82, 2.24) is 19.5 Å². The Kier molecular flexibility index (Phi) is 5.50. The van der Waals surface area contributed by atoms with Crippen LogP contribution in [-0.4, -0.2) is 19.5 Å². The van der Waals surface area contributed by atoms with E-state index in [1.165, 1.54) is 6.92 Å². The third-order valence-corrected chi connectivity index (χ3v) is 4.86. The maximum absolute atomic E-state index is 14.5. The van der Waals surface area contributed by atoms with Gasteiger partial charge >= 0.3 is 0 Å². The van der Waals surface area contributed by atoms with Crippen LogP contribution in [-0.2, 0) is 0 Å². The summed E-state index contributed by atoms with van der Waals surface area (Å²) in [6.07, 6.45) is 0. The lowest BCUT2D eigenvalue weighted by Crippen LogP contribution is -2.28. The van der Waals surface area contributed by atoms with Crippen molar-refractivity contribution in [3.8, 4) is 11.8 Å². The topological polar surface area (TPSA) is 149 Å². The van der Waals surface area contributed by atoms with Crippen molar-refractivity contribution in [3.05, 3.63) is 75.3 Å². The molecule has 172 valence electrons. The minimum absolute atomic E-state index is 0.133. The van der Waals surface area contributed by atoms with E-state index in [4.69, 9.17) is 11.5 Å². The zero-order valence-electron chi connectivity index (χ0n) is 17.3. The van der Waals surface area contributed by atoms with E-state index >= 15 is 0 Å². The highest BCUT2D eigenvalue weighted by Gasteiger charge is 2.24. The molecule has 13 heteroatoms. The number of benzene rings is 2. The minimum atomic E-state index is -1.11. The van der Waals surface area contributed by atoms with Crippen LogP contribution in [0.5, 0.6) is 0 Å². The van der Waals surface area contributed by atoms with Crippen LogP contribution >= 0.6 is 0 Å². The molecule has 34 heavy (non-hydrogen) atoms. The van der Waals surface area contributed by atoms with E-state index in [0.29, 0.717) is 6.07 Å². The Bertz CT molecular complexity index is 1540. The van der Waals surface area contributed by atoms with Gasteiger partial charge in [-0.3, -0.25) is 9.36 Å². The molecule has 0 aliphatic rings. The van der Waals surface area contributed by atoms with Gasteiger partial charge in [0.1, 0.15) is 57.4 Å². The quantitative estimate of drug-likeness (QED) is 0.386. The summed E-state index contributed by atoms with van der Waals surface area (Å²) >= 11 is 0. The van der Waals surface area contributed by atoms with Gasteiger partial charge in [-0.05, 0) is 31.2 Å². The summed E-state index contributed by atoms with van der Waals surface area (Å²) < 4.78 is 57.6. The molecule has 1 atom stereocenters. The Hall–Kier alpha value is -4.73. The van der Waals surface area contributed by atoms with Crippen molar-refractivity contribution in [2.75, 3.05) is 16.8 Å². The highest BCUT2D eigenvalue weighted by Crippen LogP contribution is 2.26. The van der Waals surface area contributed by atoms with Gasteiger partial charge < -0.3 is 16.8 Å². The summed E-state index contributed by atoms with van der Waals surface area (Å²) in [5.41, 5.74) is 9.08. The first-order chi connectivity index (χ1) is 16.1. The second kappa shape index (κ2) is 8.32. The predicted octanol–water partition coefficient (Wildman–Crippen LogP) is 2.94. The Morgan fingerprint density at radius 1 is 1.03 bits per heavy atom. The van der Waals surface area contributed by atoms with Gasteiger partial charge in [0.25, 0.3) is 5.56 Å². The smallest absolute Gasteiger partial charge is 0.269 e. The van der Waals surface area contributed by atoms with Crippen molar-refractivity contribution in [2.45, 2.75) is 13.0 Å². The fourth-order valence-corrected chi connectivity index (χ4v) is 3.42. The first-order valence-electron chi connectivity index (χ1n) is 9.57. The van der Waals surface area contributed by atoms with E-state index in [-0.39, 0.29) is 34.7 Å². The molecule has 1 unspecified atom stereocenters. The SMILES string of the molecule is CC(Nc1nc(N)nc(N)c1C#N)c1nc2c(F)ccc(F)c2c(=O)n1-c1cc(F)cc(F)c1. The predicted molar refractivity (Wildman–Crippen MR) is 115 cm³/mol. The Balaban J connectivity index is 2.01. The molecule has 0 saturated heterocycles. The van der Waals surface area contributed by atoms with E-state index in [1.54, 1.807) is 6.07 Å². The van der Waals surface area contributed by atoms with Crippen molar-refractivity contribution < 1.29 is 17.6 Å². The largest absolute Gasteiger partial charge is 0.382 e. The van der Waals surface area contributed by atoms with Gasteiger partial charge in [0.2, 0.25) is 5.95 Å². The van der Waals surface area contributed by atoms with Crippen LogP contribution in [0.25, 0.3) is 16.6 Å². The molecule has 0 saturated carbocycles. The molecule has 4 aromatic rings. The first kappa shape index (κ1) is 22.5. The number of hydrogen-bond donors (Lipinski definition) is 3. The molecule has 2 heterocycles. The summed E-state index contributed by atoms with van der Waals surface area (Å²) in [5.74, 6) is -5.00. The van der Waals surface area contributed by atoms with Gasteiger partial charge in [0.15, 0.2) is 5.82 Å². The second-order valence-electron chi connectivity index (χ2n) is 7.16. The van der Waals surface area contributed by atoms with Gasteiger partial charge in [0, 0.05) is 6.07 Å². The van der Waals surface area contributed by atoms with Gasteiger partial charge in [-0.25, -0.2) is 22.5 Å². The Morgan fingerprint density at radius 3 is 2.32 bits per heavy atom. The minimum Gasteiger partial charge on any atom is -0.382 e. The van der Waals surface area contributed by atoms with Gasteiger partial charge in [-0.15, -0.1) is 0 Å². The maximum Gasteiger partial charge on any atom is 0.269 e. The van der Waals surface area contributed by atoms with E-state index in [1.807, 2.05) is 0 Å². The van der Waals surface area contributed by atoms with Crippen LogP contribution < -0.4 is 22.3 Å². The fourth-order valence-electron chi connectivity index (χ4n) is 3.42. The van der Waals surface area contributed by atoms with Gasteiger partial charge in [-0.1, -0.05) is 0 Å². The number of anilines is 3. The fraction of sp³-hybridized carbons (Fsp3) is 0.0952. The maximum atomic E-state index is 14.5. The average Bonchev–Trinajstić information content (AvgIpc) is 2.74. The number of aromatic nitrogens is 4. The van der Waals surface area contributed by atoms with Gasteiger partial charge in [0.05, 0.1) is 11.7 Å². The Morgan fingerprint density at radius 2 is 1.68 bits per heavy atom. The first-order valence-corrected chi connectivity index (χ1v) is 9.57. The summed E-state index contributed by atoms with van der Waals surface area (Å²) in [6.45, 7) is 1.44. The summed E-state index contributed by atoms with van der Waals surface area (Å²) in [7, 11) is 0. The molecule has 0 bridgehead atoms. The number of halogens is 4. The van der Waals surface area contributed by atoms with Crippen LogP contribution in [0.2, 0.25) is 0 Å². The normalized spacial score (nSPS) is 11.9. The molecule has 4 rings (SSSR count). The van der Waals surface area contributed by atoms with Crippen LogP contribution in [0.1, 0.15) is 24.4 Å². The van der Waals surface area contributed by atoms with Crippen LogP contribution in [0, 0.1) is 34.6 Å². The number of rotatable bonds is 4. The molecular formula is C21H14F4N8O. The molecule has 0 spiro atoms. The standard InChI is InChI=1S/C21H14F4N8O/c1-8(29-18-12(7-26)17(27)31-21(28)32-18)19-30-16-14(25)3-2-13(24)15(16)20(34)33(19)11-5-9(22)4-10(23)6-11/h2-6,8H,1H3,(H5,27,28,29,31,32). The Labute approximate surface area is 188 Å². The number of nitriles is 1. The number of nitrogen functional groups attached to an aromatic ring is 2. The molecule has 2 aromatic carbocycles. The van der Waals surface area contributed by atoms with E-state index < -0.39 is 45.8 Å². The lowest BCUT2D eigenvalue weighted by molar-refractivity contribution is 0.579. The average molecular weight is 470 g/mol. The number of nitrogens with one attached hydrogen (secondary N) is 1. The number of nitrogens with zero attached hydrogens (tertiary/aromatic N) is 5. The van der Waals surface area contributed by atoms with Crippen molar-refractivity contribution in [3.63, 3.8) is 0 Å². The molecule has 0 radical (unpaired) electrons. The van der Waals surface area contributed by atoms with Crippen molar-refractivity contribution in [1.29, 1.82) is 5.26 Å². The third-order valence-electron chi connectivity index (χ3n) is 4.86. The van der Waals surface area contributed by atoms with E-state index in [9.17, 15) is 27.6 Å². The number of hydrogen-bond acceptors (Lipinski definition) is 8. The van der Waals surface area contributed by atoms with E-state index in [2.05, 4.69) is 20.3 Å². The lowest BCUT2D eigenvalue weighted by atomic mass is 10.1. The van der Waals surface area contributed by atoms with Gasteiger partial charge in [-0.2, -0.15) is 15.2 Å². The lowest BCUT2D eigenvalue weighted by Gasteiger charge is -2.21. The summed E-state index contributed by atoms with van der Waals surface area (Å²) in [4.78, 5) is 24.9. The summed E-state index contributed by atoms with van der Waals surface area (Å²) in [5, 5.41) is 11.4. The molecule has 2 aromatic heterocycles. The molecule has 9 nitrogen and oxygen atoms in total. The molecule has 5 N–H and O–H groups in total. The zero-order valence-corrected chi connectivity index (χ0v) is 17.3. The molecular weight excluding hydrogens is 456 g/mol.